The molecule has 0 spiro atoms. The van der Waals surface area contributed by atoms with Gasteiger partial charge in [0.05, 0.1) is 6.10 Å². The Morgan fingerprint density at radius 1 is 1.69 bits per heavy atom. The minimum Gasteiger partial charge on any atom is -0.392 e. The van der Waals surface area contributed by atoms with Crippen LogP contribution in [0.5, 0.6) is 0 Å². The van der Waals surface area contributed by atoms with Crippen molar-refractivity contribution in [3.8, 4) is 0 Å². The third-order valence-corrected chi connectivity index (χ3v) is 3.25. The highest BCUT2D eigenvalue weighted by Crippen LogP contribution is 2.40. The van der Waals surface area contributed by atoms with Crippen LogP contribution in [0.4, 0.5) is 0 Å². The van der Waals surface area contributed by atoms with Gasteiger partial charge in [-0.05, 0) is 16.8 Å². The largest absolute Gasteiger partial charge is 0.392 e. The lowest BCUT2D eigenvalue weighted by Gasteiger charge is -2.49. The maximum Gasteiger partial charge on any atom is 0.242 e. The minimum atomic E-state index is -0.342. The average Bonchev–Trinajstić information content (AvgIpc) is 2.70. The van der Waals surface area contributed by atoms with Crippen LogP contribution >= 0.6 is 0 Å². The molecule has 1 aromatic rings. The number of aromatic nitrogens is 4. The molecule has 1 fully saturated rings. The van der Waals surface area contributed by atoms with Crippen molar-refractivity contribution in [2.75, 3.05) is 0 Å². The van der Waals surface area contributed by atoms with Crippen molar-refractivity contribution in [1.82, 2.24) is 25.5 Å². The van der Waals surface area contributed by atoms with Crippen molar-refractivity contribution >= 4 is 5.91 Å². The number of rotatable bonds is 3. The van der Waals surface area contributed by atoms with Crippen LogP contribution < -0.4 is 5.32 Å². The minimum absolute atomic E-state index is 0.0199. The van der Waals surface area contributed by atoms with Gasteiger partial charge in [-0.2, -0.15) is 0 Å². The van der Waals surface area contributed by atoms with Crippen molar-refractivity contribution in [2.24, 2.45) is 5.41 Å². The van der Waals surface area contributed by atoms with E-state index < -0.39 is 0 Å². The van der Waals surface area contributed by atoms with Gasteiger partial charge in [0.25, 0.3) is 0 Å². The molecule has 1 aliphatic rings. The van der Waals surface area contributed by atoms with Gasteiger partial charge < -0.3 is 10.4 Å². The Labute approximate surface area is 92.8 Å². The maximum atomic E-state index is 11.6. The number of nitrogens with zero attached hydrogens (tertiary/aromatic N) is 4. The number of hydrogen-bond donors (Lipinski definition) is 2. The number of aliphatic hydroxyl groups is 1. The van der Waals surface area contributed by atoms with E-state index in [2.05, 4.69) is 20.8 Å². The standard InChI is InChI=1S/C9H15N5O2/c1-9(2)6(3-7(9)15)11-8(16)4-14-5-10-12-13-14/h5-7,15H,3-4H2,1-2H3,(H,11,16). The normalized spacial score (nSPS) is 27.2. The predicted molar refractivity (Wildman–Crippen MR) is 54.2 cm³/mol. The highest BCUT2D eigenvalue weighted by Gasteiger charge is 2.47. The van der Waals surface area contributed by atoms with Gasteiger partial charge in [-0.3, -0.25) is 4.79 Å². The van der Waals surface area contributed by atoms with Crippen molar-refractivity contribution in [3.63, 3.8) is 0 Å². The first-order valence-corrected chi connectivity index (χ1v) is 5.18. The van der Waals surface area contributed by atoms with E-state index in [-0.39, 0.29) is 30.0 Å². The molecule has 1 saturated carbocycles. The Kier molecular flexibility index (Phi) is 2.63. The lowest BCUT2D eigenvalue weighted by molar-refractivity contribution is -0.130. The summed E-state index contributed by atoms with van der Waals surface area (Å²) in [5.74, 6) is -0.141. The summed E-state index contributed by atoms with van der Waals surface area (Å²) in [6, 6.07) is 0.0199. The fourth-order valence-corrected chi connectivity index (χ4v) is 1.79. The van der Waals surface area contributed by atoms with Gasteiger partial charge in [0.1, 0.15) is 12.9 Å². The van der Waals surface area contributed by atoms with Crippen LogP contribution in [0, 0.1) is 5.41 Å². The molecule has 7 heteroatoms. The monoisotopic (exact) mass is 225 g/mol. The fraction of sp³-hybridized carbons (Fsp3) is 0.778. The lowest BCUT2D eigenvalue weighted by Crippen LogP contribution is -2.61. The summed E-state index contributed by atoms with van der Waals surface area (Å²) in [5.41, 5.74) is -0.254. The van der Waals surface area contributed by atoms with Crippen LogP contribution in [0.15, 0.2) is 6.33 Å². The Bertz CT molecular complexity index is 375. The molecule has 0 radical (unpaired) electrons. The summed E-state index contributed by atoms with van der Waals surface area (Å²) in [6.07, 6.45) is 1.65. The summed E-state index contributed by atoms with van der Waals surface area (Å²) in [7, 11) is 0. The molecule has 7 nitrogen and oxygen atoms in total. The molecule has 0 aliphatic heterocycles. The van der Waals surface area contributed by atoms with E-state index in [1.807, 2.05) is 13.8 Å². The molecule has 2 N–H and O–H groups in total. The smallest absolute Gasteiger partial charge is 0.242 e. The summed E-state index contributed by atoms with van der Waals surface area (Å²) in [4.78, 5) is 11.6. The zero-order chi connectivity index (χ0) is 11.8. The first kappa shape index (κ1) is 11.0. The lowest BCUT2D eigenvalue weighted by atomic mass is 9.64. The van der Waals surface area contributed by atoms with Gasteiger partial charge in [-0.1, -0.05) is 13.8 Å². The summed E-state index contributed by atoms with van der Waals surface area (Å²) in [6.45, 7) is 3.97. The molecule has 0 bridgehead atoms. The SMILES string of the molecule is CC1(C)C(O)CC1NC(=O)Cn1cnnn1. The summed E-state index contributed by atoms with van der Waals surface area (Å²) < 4.78 is 1.36. The second-order valence-electron chi connectivity index (χ2n) is 4.70. The van der Waals surface area contributed by atoms with E-state index in [1.165, 1.54) is 11.0 Å². The number of tetrazole rings is 1. The zero-order valence-corrected chi connectivity index (χ0v) is 9.29. The molecule has 2 atom stereocenters. The molecule has 88 valence electrons. The zero-order valence-electron chi connectivity index (χ0n) is 9.29. The van der Waals surface area contributed by atoms with Gasteiger partial charge in [0.2, 0.25) is 5.91 Å². The van der Waals surface area contributed by atoms with Crippen LogP contribution in [0.3, 0.4) is 0 Å². The van der Waals surface area contributed by atoms with Crippen molar-refractivity contribution in [3.05, 3.63) is 6.33 Å². The molecule has 1 aliphatic carbocycles. The molecule has 2 unspecified atom stereocenters. The fourth-order valence-electron chi connectivity index (χ4n) is 1.79. The summed E-state index contributed by atoms with van der Waals surface area (Å²) in [5, 5.41) is 22.9. The van der Waals surface area contributed by atoms with Gasteiger partial charge in [0, 0.05) is 11.5 Å². The van der Waals surface area contributed by atoms with E-state index >= 15 is 0 Å². The molecule has 16 heavy (non-hydrogen) atoms. The second-order valence-corrected chi connectivity index (χ2v) is 4.70. The molecule has 1 amide bonds. The topological polar surface area (TPSA) is 92.9 Å². The van der Waals surface area contributed by atoms with Crippen LogP contribution in [-0.4, -0.2) is 43.4 Å². The average molecular weight is 225 g/mol. The molecule has 1 aromatic heterocycles. The molecular formula is C9H15N5O2. The summed E-state index contributed by atoms with van der Waals surface area (Å²) >= 11 is 0. The first-order valence-electron chi connectivity index (χ1n) is 5.18. The Balaban J connectivity index is 1.85. The number of carbonyl (C=O) groups excluding carboxylic acids is 1. The van der Waals surface area contributed by atoms with Crippen molar-refractivity contribution in [2.45, 2.75) is 39.0 Å². The number of amides is 1. The highest BCUT2D eigenvalue weighted by molar-refractivity contribution is 5.76. The number of nitrogens with one attached hydrogen (secondary N) is 1. The van der Waals surface area contributed by atoms with E-state index in [9.17, 15) is 9.90 Å². The van der Waals surface area contributed by atoms with E-state index in [1.54, 1.807) is 0 Å². The Morgan fingerprint density at radius 3 is 2.94 bits per heavy atom. The molecule has 0 aromatic carbocycles. The molecule has 1 heterocycles. The maximum absolute atomic E-state index is 11.6. The number of carbonyl (C=O) groups is 1. The first-order chi connectivity index (χ1) is 7.50. The van der Waals surface area contributed by atoms with Crippen molar-refractivity contribution < 1.29 is 9.90 Å². The Hall–Kier alpha value is -1.50. The van der Waals surface area contributed by atoms with Crippen LogP contribution in [0.2, 0.25) is 0 Å². The third kappa shape index (κ3) is 1.90. The number of aliphatic hydroxyl groups excluding tert-OH is 1. The molecule has 0 saturated heterocycles. The predicted octanol–water partition coefficient (Wildman–Crippen LogP) is -1.05. The van der Waals surface area contributed by atoms with E-state index in [4.69, 9.17) is 0 Å². The highest BCUT2D eigenvalue weighted by atomic mass is 16.3. The van der Waals surface area contributed by atoms with E-state index in [0.29, 0.717) is 6.42 Å². The quantitative estimate of drug-likeness (QED) is 0.684. The van der Waals surface area contributed by atoms with Gasteiger partial charge in [-0.25, -0.2) is 4.68 Å². The van der Waals surface area contributed by atoms with Gasteiger partial charge >= 0.3 is 0 Å². The second kappa shape index (κ2) is 3.82. The van der Waals surface area contributed by atoms with E-state index in [0.717, 1.165) is 0 Å². The van der Waals surface area contributed by atoms with Crippen LogP contribution in [0.25, 0.3) is 0 Å². The Morgan fingerprint density at radius 2 is 2.44 bits per heavy atom. The third-order valence-electron chi connectivity index (χ3n) is 3.25. The van der Waals surface area contributed by atoms with Crippen LogP contribution in [-0.2, 0) is 11.3 Å². The van der Waals surface area contributed by atoms with Crippen LogP contribution in [0.1, 0.15) is 20.3 Å². The van der Waals surface area contributed by atoms with Gasteiger partial charge in [0.15, 0.2) is 0 Å². The number of hydrogen-bond acceptors (Lipinski definition) is 5. The van der Waals surface area contributed by atoms with Crippen molar-refractivity contribution in [1.29, 1.82) is 0 Å². The molecular weight excluding hydrogens is 210 g/mol. The molecule has 2 rings (SSSR count). The van der Waals surface area contributed by atoms with Gasteiger partial charge in [-0.15, -0.1) is 5.10 Å².